The number of hydrogen-bond donors (Lipinski definition) is 1. The zero-order valence-electron chi connectivity index (χ0n) is 15.9. The summed E-state index contributed by atoms with van der Waals surface area (Å²) in [5, 5.41) is 3.34. The summed E-state index contributed by atoms with van der Waals surface area (Å²) in [6.45, 7) is 6.01. The minimum atomic E-state index is -0.339. The van der Waals surface area contributed by atoms with Crippen molar-refractivity contribution in [3.05, 3.63) is 49.1 Å². The van der Waals surface area contributed by atoms with E-state index in [4.69, 9.17) is 9.47 Å². The van der Waals surface area contributed by atoms with Gasteiger partial charge in [0.1, 0.15) is 17.9 Å². The Hall–Kier alpha value is -2.23. The first-order valence-corrected chi connectivity index (χ1v) is 9.56. The highest BCUT2D eigenvalue weighted by atomic mass is 16.6. The summed E-state index contributed by atoms with van der Waals surface area (Å²) >= 11 is 0. The van der Waals surface area contributed by atoms with Crippen molar-refractivity contribution >= 4 is 11.7 Å². The van der Waals surface area contributed by atoms with Gasteiger partial charge in [-0.25, -0.2) is 4.79 Å². The Balaban J connectivity index is 2.02. The Kier molecular flexibility index (Phi) is 8.26. The molecule has 3 atom stereocenters. The molecule has 1 saturated heterocycles. The number of allylic oxidation sites excluding steroid dienone is 2. The number of anilines is 1. The van der Waals surface area contributed by atoms with Crippen molar-refractivity contribution in [1.82, 2.24) is 0 Å². The number of ether oxygens (including phenoxy) is 2. The van der Waals surface area contributed by atoms with Crippen molar-refractivity contribution < 1.29 is 14.3 Å². The Morgan fingerprint density at radius 2 is 1.96 bits per heavy atom. The highest BCUT2D eigenvalue weighted by Crippen LogP contribution is 2.31. The molecule has 4 heteroatoms. The molecule has 1 fully saturated rings. The number of hydrogen-bond acceptors (Lipinski definition) is 4. The largest absolute Gasteiger partial charge is 0.497 e. The topological polar surface area (TPSA) is 47.6 Å². The van der Waals surface area contributed by atoms with Gasteiger partial charge in [-0.05, 0) is 43.5 Å². The predicted molar refractivity (Wildman–Crippen MR) is 106 cm³/mol. The van der Waals surface area contributed by atoms with Gasteiger partial charge in [0, 0.05) is 18.0 Å². The van der Waals surface area contributed by atoms with E-state index in [1.165, 1.54) is 19.3 Å². The summed E-state index contributed by atoms with van der Waals surface area (Å²) < 4.78 is 10.8. The Morgan fingerprint density at radius 3 is 2.62 bits per heavy atom. The van der Waals surface area contributed by atoms with Crippen LogP contribution in [0.1, 0.15) is 45.4 Å². The molecule has 1 N–H and O–H groups in total. The van der Waals surface area contributed by atoms with Gasteiger partial charge in [-0.1, -0.05) is 38.0 Å². The van der Waals surface area contributed by atoms with E-state index in [1.807, 2.05) is 30.3 Å². The molecular weight excluding hydrogens is 326 g/mol. The molecule has 26 heavy (non-hydrogen) atoms. The van der Waals surface area contributed by atoms with Gasteiger partial charge in [0.2, 0.25) is 0 Å². The molecule has 142 valence electrons. The third kappa shape index (κ3) is 5.65. The lowest BCUT2D eigenvalue weighted by Crippen LogP contribution is -2.32. The second-order valence-corrected chi connectivity index (χ2v) is 6.72. The zero-order valence-corrected chi connectivity index (χ0v) is 15.9. The number of methoxy groups -OCH3 is 1. The van der Waals surface area contributed by atoms with Gasteiger partial charge in [0.05, 0.1) is 7.11 Å². The number of esters is 1. The summed E-state index contributed by atoms with van der Waals surface area (Å²) in [5.74, 6) is 0.711. The van der Waals surface area contributed by atoms with Gasteiger partial charge in [0.25, 0.3) is 0 Å². The van der Waals surface area contributed by atoms with E-state index < -0.39 is 0 Å². The van der Waals surface area contributed by atoms with Crippen LogP contribution in [0.5, 0.6) is 5.75 Å². The van der Waals surface area contributed by atoms with Crippen LogP contribution >= 0.6 is 0 Å². The third-order valence-corrected chi connectivity index (χ3v) is 4.79. The number of nitrogens with one attached hydrogen (secondary N) is 1. The van der Waals surface area contributed by atoms with Crippen LogP contribution in [0, 0.1) is 5.92 Å². The van der Waals surface area contributed by atoms with Crippen molar-refractivity contribution in [3.8, 4) is 5.75 Å². The molecule has 0 spiro atoms. The van der Waals surface area contributed by atoms with Crippen molar-refractivity contribution in [2.75, 3.05) is 12.4 Å². The molecule has 1 aliphatic heterocycles. The Morgan fingerprint density at radius 1 is 1.19 bits per heavy atom. The minimum Gasteiger partial charge on any atom is -0.497 e. The smallest absolute Gasteiger partial charge is 0.329 e. The fraction of sp³-hybridized carbons (Fsp3) is 0.500. The van der Waals surface area contributed by atoms with E-state index in [0.29, 0.717) is 6.42 Å². The van der Waals surface area contributed by atoms with Crippen molar-refractivity contribution in [1.29, 1.82) is 0 Å². The van der Waals surface area contributed by atoms with Crippen LogP contribution in [0.4, 0.5) is 5.69 Å². The van der Waals surface area contributed by atoms with Gasteiger partial charge in [-0.15, -0.1) is 6.58 Å². The van der Waals surface area contributed by atoms with Crippen molar-refractivity contribution in [3.63, 3.8) is 0 Å². The van der Waals surface area contributed by atoms with Crippen LogP contribution in [0.15, 0.2) is 49.1 Å². The monoisotopic (exact) mass is 357 g/mol. The molecule has 2 rings (SSSR count). The van der Waals surface area contributed by atoms with E-state index >= 15 is 0 Å². The normalized spacial score (nSPS) is 22.4. The number of unbranched alkanes of at least 4 members (excludes halogenated alkanes) is 3. The second kappa shape index (κ2) is 10.7. The molecule has 0 amide bonds. The molecule has 4 nitrogen and oxygen atoms in total. The SMILES string of the molecule is C=CCC1OC(=O)[C@@H](Nc2ccc(OC)cc2)[C@@H]1C/C=C/CCCCC. The maximum atomic E-state index is 12.4. The first-order chi connectivity index (χ1) is 12.7. The van der Waals surface area contributed by atoms with Crippen LogP contribution in [0.2, 0.25) is 0 Å². The summed E-state index contributed by atoms with van der Waals surface area (Å²) in [7, 11) is 1.64. The van der Waals surface area contributed by atoms with Gasteiger partial charge in [0.15, 0.2) is 0 Å². The lowest BCUT2D eigenvalue weighted by atomic mass is 9.90. The number of rotatable bonds is 11. The van der Waals surface area contributed by atoms with Crippen molar-refractivity contribution in [2.45, 2.75) is 57.6 Å². The number of benzene rings is 1. The van der Waals surface area contributed by atoms with Crippen LogP contribution in [0.3, 0.4) is 0 Å². The van der Waals surface area contributed by atoms with E-state index in [-0.39, 0.29) is 24.0 Å². The molecule has 1 heterocycles. The predicted octanol–water partition coefficient (Wildman–Crippen LogP) is 5.12. The first kappa shape index (κ1) is 20.1. The molecule has 0 aliphatic carbocycles. The van der Waals surface area contributed by atoms with E-state index in [9.17, 15) is 4.79 Å². The summed E-state index contributed by atoms with van der Waals surface area (Å²) in [4.78, 5) is 12.4. The van der Waals surface area contributed by atoms with Gasteiger partial charge in [-0.2, -0.15) is 0 Å². The average Bonchev–Trinajstić information content (AvgIpc) is 2.94. The molecule has 0 bridgehead atoms. The summed E-state index contributed by atoms with van der Waals surface area (Å²) in [6, 6.07) is 7.27. The Bertz CT molecular complexity index is 594. The lowest BCUT2D eigenvalue weighted by Gasteiger charge is -2.20. The molecule has 1 aliphatic rings. The van der Waals surface area contributed by atoms with Crippen LogP contribution in [-0.2, 0) is 9.53 Å². The summed E-state index contributed by atoms with van der Waals surface area (Å²) in [5.41, 5.74) is 0.893. The summed E-state index contributed by atoms with van der Waals surface area (Å²) in [6.07, 6.45) is 12.4. The number of carbonyl (C=O) groups excluding carboxylic acids is 1. The molecule has 0 saturated carbocycles. The third-order valence-electron chi connectivity index (χ3n) is 4.79. The quantitative estimate of drug-likeness (QED) is 0.339. The fourth-order valence-electron chi connectivity index (χ4n) is 3.29. The standard InChI is InChI=1S/C22H31NO3/c1-4-6-7-8-9-10-12-19-20(11-5-2)26-22(24)21(19)23-17-13-15-18(25-3)16-14-17/h5,9-10,13-16,19-21,23H,2,4,6-8,11-12H2,1,3H3/b10-9+/t19-,20?,21+/m1/s1. The van der Waals surface area contributed by atoms with Gasteiger partial charge >= 0.3 is 5.97 Å². The molecule has 1 aromatic carbocycles. The van der Waals surface area contributed by atoms with Gasteiger partial charge < -0.3 is 14.8 Å². The lowest BCUT2D eigenvalue weighted by molar-refractivity contribution is -0.141. The van der Waals surface area contributed by atoms with Crippen LogP contribution < -0.4 is 10.1 Å². The van der Waals surface area contributed by atoms with E-state index in [2.05, 4.69) is 31.0 Å². The molecular formula is C22H31NO3. The fourth-order valence-corrected chi connectivity index (χ4v) is 3.29. The van der Waals surface area contributed by atoms with Crippen molar-refractivity contribution in [2.24, 2.45) is 5.92 Å². The van der Waals surface area contributed by atoms with Crippen LogP contribution in [0.25, 0.3) is 0 Å². The molecule has 0 aromatic heterocycles. The van der Waals surface area contributed by atoms with E-state index in [0.717, 1.165) is 24.3 Å². The first-order valence-electron chi connectivity index (χ1n) is 9.56. The molecule has 1 unspecified atom stereocenters. The molecule has 0 radical (unpaired) electrons. The highest BCUT2D eigenvalue weighted by Gasteiger charge is 2.43. The number of carbonyl (C=O) groups is 1. The number of cyclic esters (lactones) is 1. The highest BCUT2D eigenvalue weighted by molar-refractivity contribution is 5.82. The second-order valence-electron chi connectivity index (χ2n) is 6.72. The zero-order chi connectivity index (χ0) is 18.8. The molecule has 1 aromatic rings. The Labute approximate surface area is 157 Å². The van der Waals surface area contributed by atoms with Gasteiger partial charge in [-0.3, -0.25) is 0 Å². The van der Waals surface area contributed by atoms with E-state index in [1.54, 1.807) is 7.11 Å². The maximum Gasteiger partial charge on any atom is 0.329 e. The average molecular weight is 357 g/mol. The minimum absolute atomic E-state index is 0.102. The van der Waals surface area contributed by atoms with Crippen LogP contribution in [-0.4, -0.2) is 25.2 Å². The maximum absolute atomic E-state index is 12.4.